The number of primary amides is 1. The van der Waals surface area contributed by atoms with Gasteiger partial charge in [-0.15, -0.1) is 0 Å². The first-order chi connectivity index (χ1) is 7.16. The van der Waals surface area contributed by atoms with Crippen molar-refractivity contribution in [2.24, 2.45) is 5.73 Å². The largest absolute Gasteiger partial charge is 0.370 e. The molecule has 0 aliphatic carbocycles. The summed E-state index contributed by atoms with van der Waals surface area (Å²) in [6, 6.07) is 0.522. The van der Waals surface area contributed by atoms with Gasteiger partial charge in [-0.05, 0) is 13.3 Å². The second-order valence-corrected chi connectivity index (χ2v) is 3.87. The second kappa shape index (κ2) is 9.93. The lowest BCUT2D eigenvalue weighted by Gasteiger charge is -2.13. The van der Waals surface area contributed by atoms with Crippen LogP contribution < -0.4 is 11.1 Å². The minimum absolute atomic E-state index is 0.0197. The van der Waals surface area contributed by atoms with Crippen molar-refractivity contribution in [3.63, 3.8) is 0 Å². The van der Waals surface area contributed by atoms with Crippen LogP contribution in [0.25, 0.3) is 0 Å². The number of hydrogen-bond donors (Lipinski definition) is 2. The summed E-state index contributed by atoms with van der Waals surface area (Å²) in [4.78, 5) is 10.3. The Bertz CT molecular complexity index is 163. The van der Waals surface area contributed by atoms with E-state index in [1.165, 1.54) is 25.7 Å². The molecule has 4 nitrogen and oxygen atoms in total. The molecule has 1 amide bonds. The summed E-state index contributed by atoms with van der Waals surface area (Å²) in [5, 5.41) is 3.34. The van der Waals surface area contributed by atoms with Crippen molar-refractivity contribution in [3.8, 4) is 0 Å². The van der Waals surface area contributed by atoms with Gasteiger partial charge in [0.15, 0.2) is 0 Å². The minimum Gasteiger partial charge on any atom is -0.370 e. The molecule has 0 saturated heterocycles. The zero-order valence-corrected chi connectivity index (χ0v) is 9.92. The van der Waals surface area contributed by atoms with E-state index in [4.69, 9.17) is 10.5 Å². The number of carbonyl (C=O) groups excluding carboxylic acids is 1. The van der Waals surface area contributed by atoms with Crippen molar-refractivity contribution in [2.45, 2.75) is 45.6 Å². The maximum Gasteiger partial charge on any atom is 0.243 e. The van der Waals surface area contributed by atoms with Crippen LogP contribution in [0, 0.1) is 0 Å². The quantitative estimate of drug-likeness (QED) is 0.536. The van der Waals surface area contributed by atoms with E-state index in [1.54, 1.807) is 0 Å². The highest BCUT2D eigenvalue weighted by atomic mass is 16.5. The summed E-state index contributed by atoms with van der Waals surface area (Å²) >= 11 is 0. The Morgan fingerprint density at radius 3 is 2.80 bits per heavy atom. The van der Waals surface area contributed by atoms with Crippen LogP contribution in [0.2, 0.25) is 0 Å². The van der Waals surface area contributed by atoms with Crippen LogP contribution in [-0.2, 0) is 9.53 Å². The third-order valence-corrected chi connectivity index (χ3v) is 2.22. The molecule has 0 aliphatic rings. The van der Waals surface area contributed by atoms with E-state index in [9.17, 15) is 4.79 Å². The number of unbranched alkanes of at least 4 members (excludes halogenated alkanes) is 2. The molecular weight excluding hydrogens is 192 g/mol. The summed E-state index contributed by atoms with van der Waals surface area (Å²) in [7, 11) is 0. The van der Waals surface area contributed by atoms with Crippen molar-refractivity contribution < 1.29 is 9.53 Å². The van der Waals surface area contributed by atoms with Crippen LogP contribution in [0.3, 0.4) is 0 Å². The highest BCUT2D eigenvalue weighted by Crippen LogP contribution is 2.02. The van der Waals surface area contributed by atoms with Gasteiger partial charge in [-0.3, -0.25) is 4.79 Å². The van der Waals surface area contributed by atoms with Gasteiger partial charge in [0.25, 0.3) is 0 Å². The molecule has 3 N–H and O–H groups in total. The average Bonchev–Trinajstić information content (AvgIpc) is 2.17. The molecule has 0 spiro atoms. The van der Waals surface area contributed by atoms with Gasteiger partial charge in [0.05, 0.1) is 6.61 Å². The number of carbonyl (C=O) groups is 1. The molecule has 0 bridgehead atoms. The van der Waals surface area contributed by atoms with Gasteiger partial charge < -0.3 is 15.8 Å². The Balaban J connectivity index is 3.16. The highest BCUT2D eigenvalue weighted by molar-refractivity contribution is 5.74. The van der Waals surface area contributed by atoms with E-state index in [0.29, 0.717) is 12.6 Å². The van der Waals surface area contributed by atoms with Gasteiger partial charge in [0.2, 0.25) is 5.91 Å². The van der Waals surface area contributed by atoms with Crippen molar-refractivity contribution in [3.05, 3.63) is 0 Å². The fourth-order valence-electron chi connectivity index (χ4n) is 1.35. The molecule has 0 heterocycles. The van der Waals surface area contributed by atoms with Crippen molar-refractivity contribution in [1.82, 2.24) is 5.32 Å². The lowest BCUT2D eigenvalue weighted by molar-refractivity contribution is -0.122. The molecule has 1 atom stereocenters. The number of amides is 1. The summed E-state index contributed by atoms with van der Waals surface area (Å²) < 4.78 is 5.03. The molecule has 0 saturated carbocycles. The van der Waals surface area contributed by atoms with Crippen LogP contribution in [0.1, 0.15) is 39.5 Å². The van der Waals surface area contributed by atoms with Gasteiger partial charge in [0, 0.05) is 12.6 Å². The topological polar surface area (TPSA) is 64.3 Å². The Labute approximate surface area is 92.6 Å². The van der Waals surface area contributed by atoms with Crippen LogP contribution in [0.15, 0.2) is 0 Å². The van der Waals surface area contributed by atoms with E-state index >= 15 is 0 Å². The van der Waals surface area contributed by atoms with Crippen LogP contribution in [0.4, 0.5) is 0 Å². The molecule has 0 fully saturated rings. The molecular formula is C11H24N2O2. The number of rotatable bonds is 10. The summed E-state index contributed by atoms with van der Waals surface area (Å²) in [6.07, 6.45) is 5.02. The summed E-state index contributed by atoms with van der Waals surface area (Å²) in [6.45, 7) is 5.72. The molecule has 15 heavy (non-hydrogen) atoms. The highest BCUT2D eigenvalue weighted by Gasteiger charge is 2.00. The number of nitrogens with one attached hydrogen (secondary N) is 1. The first kappa shape index (κ1) is 14.4. The fraction of sp³-hybridized carbons (Fsp3) is 0.909. The van der Waals surface area contributed by atoms with Crippen molar-refractivity contribution in [1.29, 1.82) is 0 Å². The summed E-state index contributed by atoms with van der Waals surface area (Å²) in [5.41, 5.74) is 4.93. The van der Waals surface area contributed by atoms with Gasteiger partial charge in [-0.2, -0.15) is 0 Å². The first-order valence-electron chi connectivity index (χ1n) is 5.76. The second-order valence-electron chi connectivity index (χ2n) is 3.87. The molecule has 90 valence electrons. The van der Waals surface area contributed by atoms with Gasteiger partial charge in [0.1, 0.15) is 6.61 Å². The lowest BCUT2D eigenvalue weighted by atomic mass is 10.1. The number of ether oxygens (including phenoxy) is 1. The molecule has 0 radical (unpaired) electrons. The van der Waals surface area contributed by atoms with Crippen molar-refractivity contribution in [2.75, 3.05) is 19.8 Å². The number of hydrogen-bond acceptors (Lipinski definition) is 3. The van der Waals surface area contributed by atoms with Crippen molar-refractivity contribution >= 4 is 5.91 Å². The predicted molar refractivity (Wildman–Crippen MR) is 61.6 cm³/mol. The molecule has 0 aromatic heterocycles. The van der Waals surface area contributed by atoms with Gasteiger partial charge in [-0.1, -0.05) is 26.2 Å². The smallest absolute Gasteiger partial charge is 0.243 e. The Morgan fingerprint density at radius 2 is 2.20 bits per heavy atom. The first-order valence-corrected chi connectivity index (χ1v) is 5.76. The Kier molecular flexibility index (Phi) is 9.52. The SMILES string of the molecule is CCCCCC(C)NCCOCC(N)=O. The zero-order valence-electron chi connectivity index (χ0n) is 9.92. The average molecular weight is 216 g/mol. The third kappa shape index (κ3) is 11.3. The maximum absolute atomic E-state index is 10.3. The molecule has 1 unspecified atom stereocenters. The van der Waals surface area contributed by atoms with Crippen LogP contribution in [0.5, 0.6) is 0 Å². The summed E-state index contributed by atoms with van der Waals surface area (Å²) in [5.74, 6) is -0.411. The molecule has 0 rings (SSSR count). The fourth-order valence-corrected chi connectivity index (χ4v) is 1.35. The van der Waals surface area contributed by atoms with Gasteiger partial charge in [-0.25, -0.2) is 0 Å². The minimum atomic E-state index is -0.411. The maximum atomic E-state index is 10.3. The van der Waals surface area contributed by atoms with E-state index < -0.39 is 5.91 Å². The normalized spacial score (nSPS) is 12.7. The van der Waals surface area contributed by atoms with Gasteiger partial charge >= 0.3 is 0 Å². The Morgan fingerprint density at radius 1 is 1.47 bits per heavy atom. The van der Waals surface area contributed by atoms with E-state index in [0.717, 1.165) is 6.54 Å². The van der Waals surface area contributed by atoms with E-state index in [1.807, 2.05) is 0 Å². The molecule has 4 heteroatoms. The molecule has 0 aromatic carbocycles. The monoisotopic (exact) mass is 216 g/mol. The standard InChI is InChI=1S/C11H24N2O2/c1-3-4-5-6-10(2)13-7-8-15-9-11(12)14/h10,13H,3-9H2,1-2H3,(H2,12,14). The number of nitrogens with two attached hydrogens (primary N) is 1. The van der Waals surface area contributed by atoms with Crippen LogP contribution >= 0.6 is 0 Å². The molecule has 0 aromatic rings. The lowest BCUT2D eigenvalue weighted by Crippen LogP contribution is -2.30. The third-order valence-electron chi connectivity index (χ3n) is 2.22. The Hall–Kier alpha value is -0.610. The van der Waals surface area contributed by atoms with Crippen LogP contribution in [-0.4, -0.2) is 31.7 Å². The van der Waals surface area contributed by atoms with E-state index in [-0.39, 0.29) is 6.61 Å². The predicted octanol–water partition coefficient (Wildman–Crippen LogP) is 1.05. The van der Waals surface area contributed by atoms with E-state index in [2.05, 4.69) is 19.2 Å². The molecule has 0 aliphatic heterocycles. The zero-order chi connectivity index (χ0) is 11.5.